The minimum Gasteiger partial charge on any atom is -0.493 e. The average Bonchev–Trinajstić information content (AvgIpc) is 2.83. The van der Waals surface area contributed by atoms with Gasteiger partial charge in [-0.05, 0) is 54.1 Å². The zero-order valence-electron chi connectivity index (χ0n) is 18.3. The Kier molecular flexibility index (Phi) is 7.45. The molecule has 0 aliphatic rings. The van der Waals surface area contributed by atoms with E-state index < -0.39 is 16.8 Å². The number of nitrogens with one attached hydrogen (secondary N) is 1. The van der Waals surface area contributed by atoms with Gasteiger partial charge >= 0.3 is 5.69 Å². The fraction of sp³-hybridized carbons (Fsp3) is 0.208. The van der Waals surface area contributed by atoms with Gasteiger partial charge in [0.2, 0.25) is 0 Å². The van der Waals surface area contributed by atoms with Crippen molar-refractivity contribution >= 4 is 17.2 Å². The number of anilines is 1. The SMILES string of the molecule is COc1ccc(C(=O)CC(Nc2ccc(F)cc2)c2ccc(OC)c([N+](=O)[O-])c2)cc1OC. The number of nitrogens with zero attached hydrogens (tertiary/aromatic N) is 1. The van der Waals surface area contributed by atoms with E-state index in [1.165, 1.54) is 57.7 Å². The van der Waals surface area contributed by atoms with E-state index in [4.69, 9.17) is 14.2 Å². The Hall–Kier alpha value is -4.14. The summed E-state index contributed by atoms with van der Waals surface area (Å²) in [5.74, 6) is 0.371. The second-order valence-corrected chi connectivity index (χ2v) is 7.09. The number of methoxy groups -OCH3 is 3. The predicted octanol–water partition coefficient (Wildman–Crippen LogP) is 5.19. The summed E-state index contributed by atoms with van der Waals surface area (Å²) in [6.45, 7) is 0. The van der Waals surface area contributed by atoms with Crippen LogP contribution in [0.25, 0.3) is 0 Å². The van der Waals surface area contributed by atoms with Crippen molar-refractivity contribution in [2.75, 3.05) is 26.6 Å². The zero-order chi connectivity index (χ0) is 24.0. The molecule has 172 valence electrons. The number of benzene rings is 3. The number of ether oxygens (including phenoxy) is 3. The van der Waals surface area contributed by atoms with Gasteiger partial charge in [0.25, 0.3) is 0 Å². The third-order valence-corrected chi connectivity index (χ3v) is 5.08. The lowest BCUT2D eigenvalue weighted by Gasteiger charge is -2.21. The normalized spacial score (nSPS) is 11.4. The average molecular weight is 454 g/mol. The Bertz CT molecular complexity index is 1150. The fourth-order valence-electron chi connectivity index (χ4n) is 3.38. The van der Waals surface area contributed by atoms with Gasteiger partial charge in [-0.1, -0.05) is 6.07 Å². The highest BCUT2D eigenvalue weighted by Crippen LogP contribution is 2.34. The summed E-state index contributed by atoms with van der Waals surface area (Å²) in [5, 5.41) is 14.7. The predicted molar refractivity (Wildman–Crippen MR) is 121 cm³/mol. The number of hydrogen-bond donors (Lipinski definition) is 1. The lowest BCUT2D eigenvalue weighted by Crippen LogP contribution is -2.16. The number of nitro benzene ring substituents is 1. The Morgan fingerprint density at radius 1 is 0.939 bits per heavy atom. The maximum Gasteiger partial charge on any atom is 0.311 e. The van der Waals surface area contributed by atoms with Crippen LogP contribution < -0.4 is 19.5 Å². The molecule has 0 aliphatic carbocycles. The Balaban J connectivity index is 1.97. The summed E-state index contributed by atoms with van der Waals surface area (Å²) < 4.78 is 28.9. The molecular formula is C24H23FN2O6. The van der Waals surface area contributed by atoms with Crippen molar-refractivity contribution in [3.8, 4) is 17.2 Å². The first-order chi connectivity index (χ1) is 15.9. The molecule has 0 heterocycles. The molecule has 33 heavy (non-hydrogen) atoms. The Morgan fingerprint density at radius 3 is 2.18 bits per heavy atom. The molecule has 0 saturated carbocycles. The molecule has 8 nitrogen and oxygen atoms in total. The molecule has 3 aromatic rings. The molecule has 0 radical (unpaired) electrons. The standard InChI is InChI=1S/C24H23FN2O6/c1-31-22-10-4-15(12-20(22)27(29)30)19(26-18-8-6-17(25)7-9-18)14-21(28)16-5-11-23(32-2)24(13-16)33-3/h4-13,19,26H,14H2,1-3H3. The van der Waals surface area contributed by atoms with Crippen molar-refractivity contribution in [3.05, 3.63) is 87.7 Å². The summed E-state index contributed by atoms with van der Waals surface area (Å²) in [7, 11) is 4.32. The maximum atomic E-state index is 13.3. The molecule has 0 aromatic heterocycles. The molecule has 1 atom stereocenters. The molecule has 0 fully saturated rings. The van der Waals surface area contributed by atoms with Gasteiger partial charge in [0.15, 0.2) is 23.0 Å². The number of Topliss-reactive ketones (excluding diaryl/α,β-unsaturated/α-hetero) is 1. The van der Waals surface area contributed by atoms with Crippen LogP contribution in [0.2, 0.25) is 0 Å². The number of ketones is 1. The molecule has 0 saturated heterocycles. The highest BCUT2D eigenvalue weighted by molar-refractivity contribution is 5.97. The third-order valence-electron chi connectivity index (χ3n) is 5.08. The topological polar surface area (TPSA) is 99.9 Å². The zero-order valence-corrected chi connectivity index (χ0v) is 18.3. The van der Waals surface area contributed by atoms with E-state index in [2.05, 4.69) is 5.32 Å². The smallest absolute Gasteiger partial charge is 0.311 e. The van der Waals surface area contributed by atoms with E-state index in [0.29, 0.717) is 28.3 Å². The highest BCUT2D eigenvalue weighted by atomic mass is 19.1. The second-order valence-electron chi connectivity index (χ2n) is 7.09. The molecule has 0 amide bonds. The van der Waals surface area contributed by atoms with E-state index in [0.717, 1.165) is 0 Å². The monoisotopic (exact) mass is 454 g/mol. The summed E-state index contributed by atoms with van der Waals surface area (Å²) in [4.78, 5) is 24.1. The van der Waals surface area contributed by atoms with Gasteiger partial charge in [-0.3, -0.25) is 14.9 Å². The number of halogens is 1. The van der Waals surface area contributed by atoms with Gasteiger partial charge < -0.3 is 19.5 Å². The minimum absolute atomic E-state index is 0.0314. The van der Waals surface area contributed by atoms with Crippen molar-refractivity contribution in [1.82, 2.24) is 0 Å². The van der Waals surface area contributed by atoms with Crippen LogP contribution in [-0.4, -0.2) is 32.0 Å². The van der Waals surface area contributed by atoms with Crippen LogP contribution in [0.3, 0.4) is 0 Å². The van der Waals surface area contributed by atoms with Crippen LogP contribution in [0.1, 0.15) is 28.4 Å². The molecule has 0 aliphatic heterocycles. The van der Waals surface area contributed by atoms with Gasteiger partial charge in [-0.2, -0.15) is 0 Å². The maximum absolute atomic E-state index is 13.3. The summed E-state index contributed by atoms with van der Waals surface area (Å²) in [5.41, 5.74) is 1.22. The van der Waals surface area contributed by atoms with Crippen LogP contribution >= 0.6 is 0 Å². The van der Waals surface area contributed by atoms with E-state index in [1.54, 1.807) is 24.3 Å². The first-order valence-corrected chi connectivity index (χ1v) is 9.96. The van der Waals surface area contributed by atoms with Crippen molar-refractivity contribution in [1.29, 1.82) is 0 Å². The number of carbonyl (C=O) groups excluding carboxylic acids is 1. The lowest BCUT2D eigenvalue weighted by molar-refractivity contribution is -0.385. The van der Waals surface area contributed by atoms with E-state index in [9.17, 15) is 19.3 Å². The molecule has 3 aromatic carbocycles. The molecule has 1 N–H and O–H groups in total. The molecule has 3 rings (SSSR count). The summed E-state index contributed by atoms with van der Waals surface area (Å²) in [6.07, 6.45) is -0.0314. The van der Waals surface area contributed by atoms with Gasteiger partial charge in [-0.25, -0.2) is 4.39 Å². The van der Waals surface area contributed by atoms with Crippen LogP contribution in [0, 0.1) is 15.9 Å². The van der Waals surface area contributed by atoms with E-state index in [1.807, 2.05) is 0 Å². The van der Waals surface area contributed by atoms with Gasteiger partial charge in [0.05, 0.1) is 32.3 Å². The number of nitro groups is 1. The summed E-state index contributed by atoms with van der Waals surface area (Å²) >= 11 is 0. The lowest BCUT2D eigenvalue weighted by atomic mass is 9.96. The van der Waals surface area contributed by atoms with Gasteiger partial charge in [0, 0.05) is 23.7 Å². The van der Waals surface area contributed by atoms with E-state index in [-0.39, 0.29) is 23.6 Å². The van der Waals surface area contributed by atoms with Crippen LogP contribution in [0.15, 0.2) is 60.7 Å². The molecular weight excluding hydrogens is 431 g/mol. The number of hydrogen-bond acceptors (Lipinski definition) is 7. The molecule has 9 heteroatoms. The summed E-state index contributed by atoms with van der Waals surface area (Å²) in [6, 6.07) is 14.3. The van der Waals surface area contributed by atoms with Crippen molar-refractivity contribution in [2.24, 2.45) is 0 Å². The Morgan fingerprint density at radius 2 is 1.58 bits per heavy atom. The van der Waals surface area contributed by atoms with Crippen LogP contribution in [-0.2, 0) is 0 Å². The Labute approximate surface area is 190 Å². The van der Waals surface area contributed by atoms with Crippen LogP contribution in [0.4, 0.5) is 15.8 Å². The largest absolute Gasteiger partial charge is 0.493 e. The van der Waals surface area contributed by atoms with Crippen LogP contribution in [0.5, 0.6) is 17.2 Å². The van der Waals surface area contributed by atoms with Gasteiger partial charge in [-0.15, -0.1) is 0 Å². The quantitative estimate of drug-likeness (QED) is 0.256. The first-order valence-electron chi connectivity index (χ1n) is 9.96. The molecule has 0 bridgehead atoms. The minimum atomic E-state index is -0.638. The third kappa shape index (κ3) is 5.57. The van der Waals surface area contributed by atoms with Gasteiger partial charge in [0.1, 0.15) is 5.82 Å². The van der Waals surface area contributed by atoms with Crippen molar-refractivity contribution < 1.29 is 28.3 Å². The van der Waals surface area contributed by atoms with Crippen molar-refractivity contribution in [2.45, 2.75) is 12.5 Å². The first kappa shape index (κ1) is 23.5. The fourth-order valence-corrected chi connectivity index (χ4v) is 3.38. The highest BCUT2D eigenvalue weighted by Gasteiger charge is 2.23. The number of rotatable bonds is 10. The molecule has 0 spiro atoms. The van der Waals surface area contributed by atoms with E-state index >= 15 is 0 Å². The van der Waals surface area contributed by atoms with Crippen molar-refractivity contribution in [3.63, 3.8) is 0 Å². The molecule has 1 unspecified atom stereocenters. The second kappa shape index (κ2) is 10.4. The number of carbonyl (C=O) groups is 1.